The number of carbonyl (C=O) groups excluding carboxylic acids is 1. The Kier molecular flexibility index (Phi) is 5.75. The number of carbonyl (C=O) groups is 1. The standard InChI is InChI=1S/C19H24N4O2/c20-11-15-1-3-17(4-2-15)19(25)23-10-9-22(13-18(24)14-23)12-16-5-7-21-8-6-16/h1-8,18,24H,9-14,20H2/t18-/m0/s1. The second kappa shape index (κ2) is 8.20. The number of aliphatic hydroxyl groups is 1. The third-order valence-corrected chi connectivity index (χ3v) is 4.47. The number of amides is 1. The maximum absolute atomic E-state index is 12.7. The molecule has 25 heavy (non-hydrogen) atoms. The average Bonchev–Trinajstić information content (AvgIpc) is 2.83. The molecule has 6 heteroatoms. The van der Waals surface area contributed by atoms with Crippen LogP contribution in [0.15, 0.2) is 48.8 Å². The summed E-state index contributed by atoms with van der Waals surface area (Å²) in [6.07, 6.45) is 2.98. The topological polar surface area (TPSA) is 82.7 Å². The number of β-amino-alcohol motifs (C(OH)–C–C–N with tert-alkyl or cyclic N) is 1. The van der Waals surface area contributed by atoms with Crippen LogP contribution in [0.4, 0.5) is 0 Å². The molecule has 3 rings (SSSR count). The summed E-state index contributed by atoms with van der Waals surface area (Å²) in [6.45, 7) is 3.43. The van der Waals surface area contributed by atoms with Crippen LogP contribution in [-0.4, -0.2) is 58.1 Å². The number of rotatable bonds is 4. The lowest BCUT2D eigenvalue weighted by molar-refractivity contribution is 0.0663. The summed E-state index contributed by atoms with van der Waals surface area (Å²) in [7, 11) is 0. The first-order valence-electron chi connectivity index (χ1n) is 8.53. The van der Waals surface area contributed by atoms with Crippen molar-refractivity contribution in [2.24, 2.45) is 5.73 Å². The van der Waals surface area contributed by atoms with E-state index in [4.69, 9.17) is 5.73 Å². The highest BCUT2D eigenvalue weighted by atomic mass is 16.3. The molecular weight excluding hydrogens is 316 g/mol. The molecule has 0 radical (unpaired) electrons. The van der Waals surface area contributed by atoms with Gasteiger partial charge in [0.15, 0.2) is 0 Å². The summed E-state index contributed by atoms with van der Waals surface area (Å²) >= 11 is 0. The van der Waals surface area contributed by atoms with Gasteiger partial charge in [0.2, 0.25) is 0 Å². The molecule has 1 aliphatic rings. The molecule has 0 spiro atoms. The molecule has 2 aromatic rings. The number of pyridine rings is 1. The fourth-order valence-electron chi connectivity index (χ4n) is 3.10. The number of benzene rings is 1. The Morgan fingerprint density at radius 2 is 1.80 bits per heavy atom. The van der Waals surface area contributed by atoms with Gasteiger partial charge in [-0.2, -0.15) is 0 Å². The van der Waals surface area contributed by atoms with Crippen LogP contribution in [0.3, 0.4) is 0 Å². The van der Waals surface area contributed by atoms with Gasteiger partial charge in [0, 0.05) is 57.2 Å². The molecule has 0 aliphatic carbocycles. The molecule has 1 aromatic carbocycles. The van der Waals surface area contributed by atoms with E-state index in [1.165, 1.54) is 0 Å². The van der Waals surface area contributed by atoms with Crippen LogP contribution >= 0.6 is 0 Å². The monoisotopic (exact) mass is 340 g/mol. The number of nitrogens with two attached hydrogens (primary N) is 1. The first-order valence-corrected chi connectivity index (χ1v) is 8.53. The first-order chi connectivity index (χ1) is 12.2. The van der Waals surface area contributed by atoms with E-state index in [2.05, 4.69) is 9.88 Å². The maximum atomic E-state index is 12.7. The van der Waals surface area contributed by atoms with E-state index in [0.29, 0.717) is 31.7 Å². The summed E-state index contributed by atoms with van der Waals surface area (Å²) in [5.41, 5.74) is 8.38. The van der Waals surface area contributed by atoms with Gasteiger partial charge in [-0.25, -0.2) is 0 Å². The molecule has 3 N–H and O–H groups in total. The van der Waals surface area contributed by atoms with Crippen molar-refractivity contribution in [1.29, 1.82) is 0 Å². The van der Waals surface area contributed by atoms with Crippen molar-refractivity contribution in [1.82, 2.24) is 14.8 Å². The number of aromatic nitrogens is 1. The van der Waals surface area contributed by atoms with Crippen molar-refractivity contribution in [3.63, 3.8) is 0 Å². The highest BCUT2D eigenvalue weighted by Crippen LogP contribution is 2.13. The van der Waals surface area contributed by atoms with E-state index in [1.807, 2.05) is 24.3 Å². The molecular formula is C19H24N4O2. The number of nitrogens with zero attached hydrogens (tertiary/aromatic N) is 3. The van der Waals surface area contributed by atoms with Crippen molar-refractivity contribution in [2.75, 3.05) is 26.2 Å². The van der Waals surface area contributed by atoms with Gasteiger partial charge in [-0.05, 0) is 35.4 Å². The fraction of sp³-hybridized carbons (Fsp3) is 0.368. The van der Waals surface area contributed by atoms with Gasteiger partial charge in [0.25, 0.3) is 5.91 Å². The zero-order chi connectivity index (χ0) is 17.6. The third-order valence-electron chi connectivity index (χ3n) is 4.47. The highest BCUT2D eigenvalue weighted by Gasteiger charge is 2.25. The molecule has 1 saturated heterocycles. The number of hydrogen-bond donors (Lipinski definition) is 2. The first kappa shape index (κ1) is 17.5. The minimum Gasteiger partial charge on any atom is -0.390 e. The second-order valence-electron chi connectivity index (χ2n) is 6.40. The lowest BCUT2D eigenvalue weighted by Gasteiger charge is -2.22. The molecule has 1 fully saturated rings. The Bertz CT molecular complexity index is 690. The van der Waals surface area contributed by atoms with Gasteiger partial charge in [0.1, 0.15) is 0 Å². The average molecular weight is 340 g/mol. The molecule has 1 amide bonds. The quantitative estimate of drug-likeness (QED) is 0.863. The van der Waals surface area contributed by atoms with Crippen LogP contribution in [-0.2, 0) is 13.1 Å². The fourth-order valence-corrected chi connectivity index (χ4v) is 3.10. The van der Waals surface area contributed by atoms with E-state index in [-0.39, 0.29) is 5.91 Å². The molecule has 1 aromatic heterocycles. The molecule has 0 bridgehead atoms. The van der Waals surface area contributed by atoms with Crippen molar-refractivity contribution in [2.45, 2.75) is 19.2 Å². The van der Waals surface area contributed by atoms with Gasteiger partial charge in [0.05, 0.1) is 6.10 Å². The molecule has 6 nitrogen and oxygen atoms in total. The van der Waals surface area contributed by atoms with Gasteiger partial charge in [-0.1, -0.05) is 12.1 Å². The van der Waals surface area contributed by atoms with Gasteiger partial charge in [-0.15, -0.1) is 0 Å². The molecule has 0 saturated carbocycles. The van der Waals surface area contributed by atoms with Gasteiger partial charge in [-0.3, -0.25) is 14.7 Å². The van der Waals surface area contributed by atoms with E-state index in [0.717, 1.165) is 24.2 Å². The lowest BCUT2D eigenvalue weighted by Crippen LogP contribution is -2.37. The van der Waals surface area contributed by atoms with Gasteiger partial charge >= 0.3 is 0 Å². The van der Waals surface area contributed by atoms with Crippen LogP contribution in [0.5, 0.6) is 0 Å². The Hall–Kier alpha value is -2.28. The second-order valence-corrected chi connectivity index (χ2v) is 6.40. The van der Waals surface area contributed by atoms with E-state index >= 15 is 0 Å². The normalized spacial score (nSPS) is 18.8. The molecule has 2 heterocycles. The SMILES string of the molecule is NCc1ccc(C(=O)N2CCN(Cc3ccncc3)C[C@H](O)C2)cc1. The van der Waals surface area contributed by atoms with Crippen molar-refractivity contribution < 1.29 is 9.90 Å². The van der Waals surface area contributed by atoms with Crippen LogP contribution in [0.25, 0.3) is 0 Å². The summed E-state index contributed by atoms with van der Waals surface area (Å²) in [5, 5.41) is 10.3. The molecule has 1 atom stereocenters. The summed E-state index contributed by atoms with van der Waals surface area (Å²) in [6, 6.07) is 11.3. The van der Waals surface area contributed by atoms with Crippen molar-refractivity contribution >= 4 is 5.91 Å². The van der Waals surface area contributed by atoms with Crippen LogP contribution in [0.1, 0.15) is 21.5 Å². The number of hydrogen-bond acceptors (Lipinski definition) is 5. The summed E-state index contributed by atoms with van der Waals surface area (Å²) in [4.78, 5) is 20.6. The van der Waals surface area contributed by atoms with Crippen LogP contribution in [0.2, 0.25) is 0 Å². The Labute approximate surface area is 147 Å². The van der Waals surface area contributed by atoms with Crippen LogP contribution in [0, 0.1) is 0 Å². The van der Waals surface area contributed by atoms with Crippen LogP contribution < -0.4 is 5.73 Å². The van der Waals surface area contributed by atoms with E-state index < -0.39 is 6.10 Å². The third kappa shape index (κ3) is 4.63. The molecule has 1 aliphatic heterocycles. The van der Waals surface area contributed by atoms with Gasteiger partial charge < -0.3 is 15.7 Å². The Morgan fingerprint density at radius 3 is 2.48 bits per heavy atom. The highest BCUT2D eigenvalue weighted by molar-refractivity contribution is 5.94. The predicted octanol–water partition coefficient (Wildman–Crippen LogP) is 0.859. The largest absolute Gasteiger partial charge is 0.390 e. The van der Waals surface area contributed by atoms with E-state index in [9.17, 15) is 9.90 Å². The minimum absolute atomic E-state index is 0.0478. The smallest absolute Gasteiger partial charge is 0.253 e. The lowest BCUT2D eigenvalue weighted by atomic mass is 10.1. The predicted molar refractivity (Wildman–Crippen MR) is 95.8 cm³/mol. The number of aliphatic hydroxyl groups excluding tert-OH is 1. The molecule has 132 valence electrons. The molecule has 0 unspecified atom stereocenters. The Balaban J connectivity index is 1.64. The van der Waals surface area contributed by atoms with E-state index in [1.54, 1.807) is 29.4 Å². The van der Waals surface area contributed by atoms with Crippen molar-refractivity contribution in [3.05, 3.63) is 65.5 Å². The maximum Gasteiger partial charge on any atom is 0.253 e. The zero-order valence-electron chi connectivity index (χ0n) is 14.2. The Morgan fingerprint density at radius 1 is 1.08 bits per heavy atom. The summed E-state index contributed by atoms with van der Waals surface area (Å²) < 4.78 is 0. The zero-order valence-corrected chi connectivity index (χ0v) is 14.2. The van der Waals surface area contributed by atoms with Crippen molar-refractivity contribution in [3.8, 4) is 0 Å². The summed E-state index contributed by atoms with van der Waals surface area (Å²) in [5.74, 6) is -0.0478. The minimum atomic E-state index is -0.559.